The number of benzene rings is 1. The smallest absolute Gasteiger partial charge is 0.240 e. The number of hydrogen-bond acceptors (Lipinski definition) is 3. The molecule has 2 N–H and O–H groups in total. The fourth-order valence-corrected chi connectivity index (χ4v) is 3.20. The molecule has 0 radical (unpaired) electrons. The zero-order valence-electron chi connectivity index (χ0n) is 9.81. The molecule has 5 heteroatoms. The molecule has 2 rings (SSSR count). The Bertz CT molecular complexity index is 508. The molecule has 1 aromatic carbocycles. The average molecular weight is 255 g/mol. The van der Waals surface area contributed by atoms with Crippen LogP contribution in [0.5, 0.6) is 0 Å². The quantitative estimate of drug-likeness (QED) is 0.837. The van der Waals surface area contributed by atoms with Gasteiger partial charge >= 0.3 is 0 Å². The van der Waals surface area contributed by atoms with Gasteiger partial charge in [0, 0.05) is 6.54 Å². The molecule has 0 fully saturated rings. The van der Waals surface area contributed by atoms with Crippen molar-refractivity contribution in [1.29, 1.82) is 0 Å². The van der Waals surface area contributed by atoms with Gasteiger partial charge in [-0.05, 0) is 49.4 Å². The van der Waals surface area contributed by atoms with Gasteiger partial charge < -0.3 is 5.11 Å². The molecule has 1 unspecified atom stereocenters. The van der Waals surface area contributed by atoms with Crippen LogP contribution in [0, 0.1) is 0 Å². The third kappa shape index (κ3) is 2.86. The van der Waals surface area contributed by atoms with Gasteiger partial charge in [0.25, 0.3) is 0 Å². The Morgan fingerprint density at radius 3 is 2.76 bits per heavy atom. The van der Waals surface area contributed by atoms with Crippen molar-refractivity contribution in [3.63, 3.8) is 0 Å². The first kappa shape index (κ1) is 12.5. The summed E-state index contributed by atoms with van der Waals surface area (Å²) in [5, 5.41) is 9.09. The lowest BCUT2D eigenvalue weighted by atomic mass is 10.1. The van der Waals surface area contributed by atoms with Crippen LogP contribution < -0.4 is 4.72 Å². The van der Waals surface area contributed by atoms with Crippen LogP contribution in [-0.2, 0) is 22.9 Å². The monoisotopic (exact) mass is 255 g/mol. The van der Waals surface area contributed by atoms with Crippen molar-refractivity contribution in [2.45, 2.75) is 37.2 Å². The zero-order chi connectivity index (χ0) is 12.5. The maximum atomic E-state index is 11.9. The fraction of sp³-hybridized carbons (Fsp3) is 0.500. The van der Waals surface area contributed by atoms with Crippen molar-refractivity contribution < 1.29 is 13.5 Å². The van der Waals surface area contributed by atoms with E-state index in [-0.39, 0.29) is 6.54 Å². The third-order valence-corrected chi connectivity index (χ3v) is 4.37. The van der Waals surface area contributed by atoms with Crippen molar-refractivity contribution in [3.05, 3.63) is 29.3 Å². The van der Waals surface area contributed by atoms with Crippen molar-refractivity contribution in [3.8, 4) is 0 Å². The predicted octanol–water partition coefficient (Wildman–Crippen LogP) is 0.834. The summed E-state index contributed by atoms with van der Waals surface area (Å²) in [6.07, 6.45) is 2.41. The topological polar surface area (TPSA) is 66.4 Å². The highest BCUT2D eigenvalue weighted by molar-refractivity contribution is 7.89. The number of nitrogens with one attached hydrogen (secondary N) is 1. The van der Waals surface area contributed by atoms with Crippen LogP contribution >= 0.6 is 0 Å². The lowest BCUT2D eigenvalue weighted by Gasteiger charge is -2.09. The van der Waals surface area contributed by atoms with E-state index in [9.17, 15) is 8.42 Å². The van der Waals surface area contributed by atoms with Crippen LogP contribution in [0.25, 0.3) is 0 Å². The zero-order valence-corrected chi connectivity index (χ0v) is 10.6. The van der Waals surface area contributed by atoms with Gasteiger partial charge in [0.1, 0.15) is 0 Å². The molecular weight excluding hydrogens is 238 g/mol. The summed E-state index contributed by atoms with van der Waals surface area (Å²) in [5.74, 6) is 0. The number of rotatable bonds is 4. The summed E-state index contributed by atoms with van der Waals surface area (Å²) < 4.78 is 26.2. The highest BCUT2D eigenvalue weighted by Crippen LogP contribution is 2.24. The van der Waals surface area contributed by atoms with E-state index in [2.05, 4.69) is 4.72 Å². The van der Waals surface area contributed by atoms with Crippen LogP contribution in [0.2, 0.25) is 0 Å². The molecule has 1 aliphatic carbocycles. The van der Waals surface area contributed by atoms with Crippen LogP contribution in [0.4, 0.5) is 0 Å². The molecule has 1 aliphatic rings. The molecular formula is C12H17NO3S. The van der Waals surface area contributed by atoms with Crippen LogP contribution in [0.1, 0.15) is 24.5 Å². The second kappa shape index (κ2) is 4.76. The summed E-state index contributed by atoms with van der Waals surface area (Å²) in [5.41, 5.74) is 2.38. The van der Waals surface area contributed by atoms with E-state index in [0.717, 1.165) is 24.8 Å². The molecule has 17 heavy (non-hydrogen) atoms. The van der Waals surface area contributed by atoms with E-state index in [4.69, 9.17) is 5.11 Å². The van der Waals surface area contributed by atoms with E-state index in [1.54, 1.807) is 19.1 Å². The van der Waals surface area contributed by atoms with Gasteiger partial charge in [-0.1, -0.05) is 6.07 Å². The fourth-order valence-electron chi connectivity index (χ4n) is 2.03. The van der Waals surface area contributed by atoms with Crippen molar-refractivity contribution in [1.82, 2.24) is 4.72 Å². The third-order valence-electron chi connectivity index (χ3n) is 2.95. The molecule has 0 amide bonds. The normalized spacial score (nSPS) is 16.8. The Balaban J connectivity index is 2.22. The Hall–Kier alpha value is -0.910. The lowest BCUT2D eigenvalue weighted by molar-refractivity contribution is 0.198. The first-order valence-electron chi connectivity index (χ1n) is 5.78. The minimum Gasteiger partial charge on any atom is -0.392 e. The predicted molar refractivity (Wildman–Crippen MR) is 65.3 cm³/mol. The minimum atomic E-state index is -3.49. The Morgan fingerprint density at radius 1 is 1.35 bits per heavy atom. The number of hydrogen-bond donors (Lipinski definition) is 2. The van der Waals surface area contributed by atoms with Gasteiger partial charge in [0.2, 0.25) is 10.0 Å². The molecule has 94 valence electrons. The Morgan fingerprint density at radius 2 is 2.06 bits per heavy atom. The second-order valence-corrected chi connectivity index (χ2v) is 6.25. The maximum Gasteiger partial charge on any atom is 0.240 e. The van der Waals surface area contributed by atoms with E-state index in [0.29, 0.717) is 4.90 Å². The molecule has 1 atom stereocenters. The molecule has 4 nitrogen and oxygen atoms in total. The van der Waals surface area contributed by atoms with E-state index >= 15 is 0 Å². The molecule has 0 bridgehead atoms. The SMILES string of the molecule is CC(O)CNS(=O)(=O)c1ccc2c(c1)CCC2. The Labute approximate surface area is 102 Å². The minimum absolute atomic E-state index is 0.0411. The van der Waals surface area contributed by atoms with Crippen LogP contribution in [0.3, 0.4) is 0 Å². The summed E-state index contributed by atoms with van der Waals surface area (Å²) in [6.45, 7) is 1.59. The molecule has 0 heterocycles. The molecule has 0 aliphatic heterocycles. The largest absolute Gasteiger partial charge is 0.392 e. The summed E-state index contributed by atoms with van der Waals surface area (Å²) in [4.78, 5) is 0.291. The van der Waals surface area contributed by atoms with Gasteiger partial charge in [-0.3, -0.25) is 0 Å². The molecule has 0 saturated heterocycles. The van der Waals surface area contributed by atoms with Crippen LogP contribution in [-0.4, -0.2) is 26.2 Å². The first-order valence-corrected chi connectivity index (χ1v) is 7.27. The maximum absolute atomic E-state index is 11.9. The number of aliphatic hydroxyl groups excluding tert-OH is 1. The van der Waals surface area contributed by atoms with Gasteiger partial charge in [-0.2, -0.15) is 0 Å². The standard InChI is InChI=1S/C12H17NO3S/c1-9(14)8-13-17(15,16)12-6-5-10-3-2-4-11(10)7-12/h5-7,9,13-14H,2-4,8H2,1H3. The van der Waals surface area contributed by atoms with E-state index in [1.807, 2.05) is 6.07 Å². The highest BCUT2D eigenvalue weighted by Gasteiger charge is 2.18. The summed E-state index contributed by atoms with van der Waals surface area (Å²) in [7, 11) is -3.49. The van der Waals surface area contributed by atoms with Crippen molar-refractivity contribution >= 4 is 10.0 Å². The van der Waals surface area contributed by atoms with Gasteiger partial charge in [0.05, 0.1) is 11.0 Å². The molecule has 0 spiro atoms. The number of aliphatic hydroxyl groups is 1. The van der Waals surface area contributed by atoms with Gasteiger partial charge in [-0.15, -0.1) is 0 Å². The van der Waals surface area contributed by atoms with Crippen LogP contribution in [0.15, 0.2) is 23.1 Å². The number of aryl methyl sites for hydroxylation is 2. The average Bonchev–Trinajstić information content (AvgIpc) is 2.73. The number of fused-ring (bicyclic) bond motifs is 1. The lowest BCUT2D eigenvalue weighted by Crippen LogP contribution is -2.30. The molecule has 1 aromatic rings. The number of sulfonamides is 1. The van der Waals surface area contributed by atoms with Crippen molar-refractivity contribution in [2.24, 2.45) is 0 Å². The summed E-state index contributed by atoms with van der Waals surface area (Å²) in [6, 6.07) is 5.26. The first-order chi connectivity index (χ1) is 7.99. The summed E-state index contributed by atoms with van der Waals surface area (Å²) >= 11 is 0. The highest BCUT2D eigenvalue weighted by atomic mass is 32.2. The van der Waals surface area contributed by atoms with Gasteiger partial charge in [-0.25, -0.2) is 13.1 Å². The van der Waals surface area contributed by atoms with Gasteiger partial charge in [0.15, 0.2) is 0 Å². The van der Waals surface area contributed by atoms with Crippen molar-refractivity contribution in [2.75, 3.05) is 6.54 Å². The van der Waals surface area contributed by atoms with E-state index < -0.39 is 16.1 Å². The van der Waals surface area contributed by atoms with E-state index in [1.165, 1.54) is 5.56 Å². The molecule has 0 saturated carbocycles. The molecule has 0 aromatic heterocycles. The Kier molecular flexibility index (Phi) is 3.51. The second-order valence-electron chi connectivity index (χ2n) is 4.48.